The highest BCUT2D eigenvalue weighted by atomic mass is 16.5. The predicted octanol–water partition coefficient (Wildman–Crippen LogP) is 3.77. The Balaban J connectivity index is 1.80. The van der Waals surface area contributed by atoms with Crippen LogP contribution in [-0.4, -0.2) is 36.4 Å². The van der Waals surface area contributed by atoms with E-state index in [0.29, 0.717) is 18.7 Å². The summed E-state index contributed by atoms with van der Waals surface area (Å²) in [5, 5.41) is 4.67. The Bertz CT molecular complexity index is 967. The fraction of sp³-hybridized carbons (Fsp3) is 0.250. The lowest BCUT2D eigenvalue weighted by atomic mass is 10.1. The number of carbonyl (C=O) groups excluding carboxylic acids is 2. The van der Waals surface area contributed by atoms with E-state index in [9.17, 15) is 9.59 Å². The molecule has 0 saturated heterocycles. The van der Waals surface area contributed by atoms with Gasteiger partial charge >= 0.3 is 0 Å². The maximum absolute atomic E-state index is 13.1. The Morgan fingerprint density at radius 2 is 1.66 bits per heavy atom. The Morgan fingerprint density at radius 1 is 0.966 bits per heavy atom. The molecule has 0 aliphatic rings. The summed E-state index contributed by atoms with van der Waals surface area (Å²) >= 11 is 0. The van der Waals surface area contributed by atoms with E-state index in [1.807, 2.05) is 79.7 Å². The second-order valence-corrected chi connectivity index (χ2v) is 6.81. The lowest BCUT2D eigenvalue weighted by molar-refractivity contribution is -0.142. The largest absolute Gasteiger partial charge is 0.483 e. The fourth-order valence-corrected chi connectivity index (χ4v) is 3.41. The van der Waals surface area contributed by atoms with Crippen LogP contribution in [0.4, 0.5) is 0 Å². The first-order chi connectivity index (χ1) is 14.1. The second kappa shape index (κ2) is 9.73. The molecule has 2 amide bonds. The molecule has 3 aromatic carbocycles. The van der Waals surface area contributed by atoms with Gasteiger partial charge in [-0.2, -0.15) is 0 Å². The standard InChI is InChI=1S/C24H26N2O3/c1-3-21(24(28)25-2)26(16-18-10-5-4-6-11-18)23(27)17-29-22-15-9-13-19-12-7-8-14-20(19)22/h4-15,21H,3,16-17H2,1-2H3,(H,25,28). The van der Waals surface area contributed by atoms with Crippen molar-refractivity contribution in [1.82, 2.24) is 10.2 Å². The van der Waals surface area contributed by atoms with Crippen LogP contribution in [0.3, 0.4) is 0 Å². The molecule has 0 bridgehead atoms. The summed E-state index contributed by atoms with van der Waals surface area (Å²) in [5.41, 5.74) is 0.966. The van der Waals surface area contributed by atoms with Gasteiger partial charge in [0.05, 0.1) is 0 Å². The molecule has 5 heteroatoms. The summed E-state index contributed by atoms with van der Waals surface area (Å²) in [6.07, 6.45) is 0.520. The quantitative estimate of drug-likeness (QED) is 0.637. The van der Waals surface area contributed by atoms with E-state index in [1.54, 1.807) is 11.9 Å². The zero-order valence-corrected chi connectivity index (χ0v) is 16.8. The van der Waals surface area contributed by atoms with Crippen LogP contribution in [0.15, 0.2) is 72.8 Å². The number of amides is 2. The molecular weight excluding hydrogens is 364 g/mol. The summed E-state index contributed by atoms with van der Waals surface area (Å²) in [4.78, 5) is 27.1. The highest BCUT2D eigenvalue weighted by Gasteiger charge is 2.28. The minimum absolute atomic E-state index is 0.131. The third-order valence-corrected chi connectivity index (χ3v) is 4.93. The van der Waals surface area contributed by atoms with Gasteiger partial charge in [-0.05, 0) is 23.4 Å². The number of carbonyl (C=O) groups is 2. The Labute approximate surface area is 171 Å². The van der Waals surface area contributed by atoms with Gasteiger partial charge in [0.2, 0.25) is 5.91 Å². The maximum atomic E-state index is 13.1. The number of likely N-dealkylation sites (N-methyl/N-ethyl adjacent to an activating group) is 1. The van der Waals surface area contributed by atoms with Crippen LogP contribution in [0, 0.1) is 0 Å². The zero-order valence-electron chi connectivity index (χ0n) is 16.8. The van der Waals surface area contributed by atoms with E-state index in [2.05, 4.69) is 5.32 Å². The highest BCUT2D eigenvalue weighted by molar-refractivity contribution is 5.90. The lowest BCUT2D eigenvalue weighted by Crippen LogP contribution is -2.49. The molecule has 0 spiro atoms. The van der Waals surface area contributed by atoms with E-state index in [4.69, 9.17) is 4.74 Å². The highest BCUT2D eigenvalue weighted by Crippen LogP contribution is 2.25. The van der Waals surface area contributed by atoms with Crippen molar-refractivity contribution in [3.05, 3.63) is 78.4 Å². The molecule has 29 heavy (non-hydrogen) atoms. The van der Waals surface area contributed by atoms with Crippen LogP contribution in [0.1, 0.15) is 18.9 Å². The molecule has 0 aliphatic carbocycles. The van der Waals surface area contributed by atoms with Gasteiger partial charge in [0.15, 0.2) is 6.61 Å². The third kappa shape index (κ3) is 4.93. The van der Waals surface area contributed by atoms with Crippen molar-refractivity contribution in [1.29, 1.82) is 0 Å². The van der Waals surface area contributed by atoms with Crippen LogP contribution >= 0.6 is 0 Å². The number of rotatable bonds is 8. The number of hydrogen-bond donors (Lipinski definition) is 1. The van der Waals surface area contributed by atoms with Crippen LogP contribution in [0.5, 0.6) is 5.75 Å². The van der Waals surface area contributed by atoms with Gasteiger partial charge in [0, 0.05) is 19.0 Å². The molecule has 0 saturated carbocycles. The summed E-state index contributed by atoms with van der Waals surface area (Å²) in [6, 6.07) is 22.8. The van der Waals surface area contributed by atoms with Crippen molar-refractivity contribution in [3.8, 4) is 5.75 Å². The van der Waals surface area contributed by atoms with Crippen molar-refractivity contribution >= 4 is 22.6 Å². The Morgan fingerprint density at radius 3 is 2.38 bits per heavy atom. The molecule has 1 N–H and O–H groups in total. The monoisotopic (exact) mass is 390 g/mol. The second-order valence-electron chi connectivity index (χ2n) is 6.81. The van der Waals surface area contributed by atoms with Crippen molar-refractivity contribution in [2.75, 3.05) is 13.7 Å². The molecule has 0 heterocycles. The molecule has 3 rings (SSSR count). The molecule has 1 atom stereocenters. The molecule has 0 fully saturated rings. The molecule has 150 valence electrons. The topological polar surface area (TPSA) is 58.6 Å². The van der Waals surface area contributed by atoms with Gasteiger partial charge < -0.3 is 15.0 Å². The molecule has 0 aromatic heterocycles. The van der Waals surface area contributed by atoms with Crippen molar-refractivity contribution in [2.24, 2.45) is 0 Å². The smallest absolute Gasteiger partial charge is 0.261 e. The number of ether oxygens (including phenoxy) is 1. The first-order valence-electron chi connectivity index (χ1n) is 9.79. The summed E-state index contributed by atoms with van der Waals surface area (Å²) in [5.74, 6) is 0.253. The van der Waals surface area contributed by atoms with Crippen molar-refractivity contribution in [2.45, 2.75) is 25.9 Å². The van der Waals surface area contributed by atoms with Crippen LogP contribution in [-0.2, 0) is 16.1 Å². The fourth-order valence-electron chi connectivity index (χ4n) is 3.41. The predicted molar refractivity (Wildman–Crippen MR) is 115 cm³/mol. The molecule has 3 aromatic rings. The molecule has 0 aliphatic heterocycles. The van der Waals surface area contributed by atoms with Crippen LogP contribution in [0.2, 0.25) is 0 Å². The van der Waals surface area contributed by atoms with Gasteiger partial charge in [-0.1, -0.05) is 73.7 Å². The van der Waals surface area contributed by atoms with E-state index >= 15 is 0 Å². The van der Waals surface area contributed by atoms with Gasteiger partial charge in [-0.15, -0.1) is 0 Å². The third-order valence-electron chi connectivity index (χ3n) is 4.93. The number of fused-ring (bicyclic) bond motifs is 1. The van der Waals surface area contributed by atoms with Crippen molar-refractivity contribution < 1.29 is 14.3 Å². The Hall–Kier alpha value is -3.34. The number of hydrogen-bond acceptors (Lipinski definition) is 3. The normalized spacial score (nSPS) is 11.7. The van der Waals surface area contributed by atoms with E-state index in [1.165, 1.54) is 0 Å². The first kappa shape index (κ1) is 20.4. The number of nitrogens with one attached hydrogen (secondary N) is 1. The van der Waals surface area contributed by atoms with Gasteiger partial charge in [-0.3, -0.25) is 9.59 Å². The summed E-state index contributed by atoms with van der Waals surface area (Å²) in [7, 11) is 1.59. The molecule has 0 radical (unpaired) electrons. The van der Waals surface area contributed by atoms with Gasteiger partial charge in [0.25, 0.3) is 5.91 Å². The zero-order chi connectivity index (χ0) is 20.6. The molecule has 1 unspecified atom stereocenters. The van der Waals surface area contributed by atoms with Crippen LogP contribution in [0.25, 0.3) is 10.8 Å². The van der Waals surface area contributed by atoms with E-state index in [0.717, 1.165) is 16.3 Å². The minimum atomic E-state index is -0.552. The van der Waals surface area contributed by atoms with Crippen molar-refractivity contribution in [3.63, 3.8) is 0 Å². The molecule has 5 nitrogen and oxygen atoms in total. The minimum Gasteiger partial charge on any atom is -0.483 e. The molecular formula is C24H26N2O3. The first-order valence-corrected chi connectivity index (χ1v) is 9.79. The van der Waals surface area contributed by atoms with E-state index in [-0.39, 0.29) is 18.4 Å². The van der Waals surface area contributed by atoms with Gasteiger partial charge in [0.1, 0.15) is 11.8 Å². The summed E-state index contributed by atoms with van der Waals surface area (Å²) in [6.45, 7) is 2.12. The van der Waals surface area contributed by atoms with E-state index < -0.39 is 6.04 Å². The number of benzene rings is 3. The lowest BCUT2D eigenvalue weighted by Gasteiger charge is -2.30. The average Bonchev–Trinajstić information content (AvgIpc) is 2.77. The average molecular weight is 390 g/mol. The van der Waals surface area contributed by atoms with Gasteiger partial charge in [-0.25, -0.2) is 0 Å². The number of nitrogens with zero attached hydrogens (tertiary/aromatic N) is 1. The SMILES string of the molecule is CCC(C(=O)NC)N(Cc1ccccc1)C(=O)COc1cccc2ccccc12. The van der Waals surface area contributed by atoms with Crippen LogP contribution < -0.4 is 10.1 Å². The summed E-state index contributed by atoms with van der Waals surface area (Å²) < 4.78 is 5.88. The Kier molecular flexibility index (Phi) is 6.85. The maximum Gasteiger partial charge on any atom is 0.261 e.